The van der Waals surface area contributed by atoms with E-state index in [-0.39, 0.29) is 5.78 Å². The van der Waals surface area contributed by atoms with Crippen LogP contribution in [0.15, 0.2) is 28.6 Å². The zero-order valence-corrected chi connectivity index (χ0v) is 16.5. The molecule has 0 radical (unpaired) electrons. The molecule has 0 aliphatic heterocycles. The van der Waals surface area contributed by atoms with Gasteiger partial charge in [0.2, 0.25) is 5.13 Å². The lowest BCUT2D eigenvalue weighted by molar-refractivity contribution is 0.102. The summed E-state index contributed by atoms with van der Waals surface area (Å²) in [6, 6.07) is 7.88. The van der Waals surface area contributed by atoms with Crippen LogP contribution in [-0.4, -0.2) is 46.5 Å². The van der Waals surface area contributed by atoms with E-state index in [9.17, 15) is 4.79 Å². The number of ether oxygens (including phenoxy) is 1. The van der Waals surface area contributed by atoms with E-state index in [2.05, 4.69) is 20.5 Å². The molecule has 3 rings (SSSR count). The van der Waals surface area contributed by atoms with Gasteiger partial charge in [-0.2, -0.15) is 0 Å². The van der Waals surface area contributed by atoms with Crippen molar-refractivity contribution in [3.8, 4) is 0 Å². The number of nitrogens with one attached hydrogen (secondary N) is 2. The monoisotopic (exact) mass is 390 g/mol. The van der Waals surface area contributed by atoms with Crippen LogP contribution >= 0.6 is 23.1 Å². The Morgan fingerprint density at radius 2 is 2.19 bits per heavy atom. The summed E-state index contributed by atoms with van der Waals surface area (Å²) in [6.07, 6.45) is 0.925. The maximum absolute atomic E-state index is 12.7. The maximum Gasteiger partial charge on any atom is 0.206 e. The Bertz CT molecular complexity index is 875. The first-order chi connectivity index (χ1) is 12.7. The number of aromatic amines is 1. The number of thioether (sulfide) groups is 1. The lowest BCUT2D eigenvalue weighted by atomic mass is 10.1. The molecule has 26 heavy (non-hydrogen) atoms. The van der Waals surface area contributed by atoms with Crippen molar-refractivity contribution >= 4 is 44.9 Å². The number of nitrogens with zero attached hydrogens (tertiary/aromatic N) is 2. The van der Waals surface area contributed by atoms with Crippen molar-refractivity contribution in [3.63, 3.8) is 0 Å². The number of benzene rings is 1. The Kier molecular flexibility index (Phi) is 6.65. The number of carbonyl (C=O) groups is 1. The zero-order chi connectivity index (χ0) is 18.4. The van der Waals surface area contributed by atoms with Crippen LogP contribution in [-0.2, 0) is 4.74 Å². The highest BCUT2D eigenvalue weighted by molar-refractivity contribution is 8.01. The quantitative estimate of drug-likeness (QED) is 0.308. The normalized spacial score (nSPS) is 11.2. The van der Waals surface area contributed by atoms with Gasteiger partial charge in [-0.15, -0.1) is 10.2 Å². The third kappa shape index (κ3) is 4.63. The number of H-pyrrole nitrogens is 1. The molecular formula is C18H22N4O2S2. The van der Waals surface area contributed by atoms with Gasteiger partial charge < -0.3 is 15.0 Å². The fourth-order valence-corrected chi connectivity index (χ4v) is 4.34. The fraction of sp³-hybridized carbons (Fsp3) is 0.389. The SMILES string of the molecule is CCOCCCNc1nnc(SCC(=O)c2c(C)[nH]c3ccccc23)s1. The number of rotatable bonds is 10. The van der Waals surface area contributed by atoms with Crippen LogP contribution in [0.1, 0.15) is 29.4 Å². The minimum Gasteiger partial charge on any atom is -0.382 e. The van der Waals surface area contributed by atoms with Crippen LogP contribution in [0.5, 0.6) is 0 Å². The summed E-state index contributed by atoms with van der Waals surface area (Å²) in [5, 5.41) is 13.3. The van der Waals surface area contributed by atoms with Crippen LogP contribution < -0.4 is 5.32 Å². The van der Waals surface area contributed by atoms with E-state index in [0.29, 0.717) is 5.75 Å². The highest BCUT2D eigenvalue weighted by atomic mass is 32.2. The van der Waals surface area contributed by atoms with Crippen molar-refractivity contribution in [2.24, 2.45) is 0 Å². The molecule has 2 N–H and O–H groups in total. The molecule has 0 unspecified atom stereocenters. The van der Waals surface area contributed by atoms with Gasteiger partial charge in [-0.1, -0.05) is 41.3 Å². The molecule has 0 bridgehead atoms. The Morgan fingerprint density at radius 1 is 1.35 bits per heavy atom. The molecule has 0 aliphatic carbocycles. The molecule has 3 aromatic rings. The molecule has 0 fully saturated rings. The molecule has 0 amide bonds. The van der Waals surface area contributed by atoms with Crippen LogP contribution in [0, 0.1) is 6.92 Å². The summed E-state index contributed by atoms with van der Waals surface area (Å²) >= 11 is 2.90. The smallest absolute Gasteiger partial charge is 0.206 e. The summed E-state index contributed by atoms with van der Waals surface area (Å²) in [6.45, 7) is 6.20. The Balaban J connectivity index is 1.54. The summed E-state index contributed by atoms with van der Waals surface area (Å²) in [5.41, 5.74) is 2.67. The van der Waals surface area contributed by atoms with Gasteiger partial charge in [0, 0.05) is 41.9 Å². The average Bonchev–Trinajstić information content (AvgIpc) is 3.22. The Labute approximate surface area is 160 Å². The summed E-state index contributed by atoms with van der Waals surface area (Å²) in [5.74, 6) is 0.452. The predicted molar refractivity (Wildman–Crippen MR) is 108 cm³/mol. The van der Waals surface area contributed by atoms with Gasteiger partial charge in [-0.05, 0) is 26.3 Å². The van der Waals surface area contributed by atoms with E-state index in [1.54, 1.807) is 0 Å². The van der Waals surface area contributed by atoms with Gasteiger partial charge in [0.05, 0.1) is 5.75 Å². The van der Waals surface area contributed by atoms with E-state index >= 15 is 0 Å². The van der Waals surface area contributed by atoms with Crippen LogP contribution in [0.3, 0.4) is 0 Å². The molecular weight excluding hydrogens is 368 g/mol. The molecule has 2 aromatic heterocycles. The molecule has 138 valence electrons. The van der Waals surface area contributed by atoms with Crippen LogP contribution in [0.25, 0.3) is 10.9 Å². The van der Waals surface area contributed by atoms with Crippen molar-refractivity contribution in [2.75, 3.05) is 30.8 Å². The highest BCUT2D eigenvalue weighted by Crippen LogP contribution is 2.28. The maximum atomic E-state index is 12.7. The molecule has 0 saturated heterocycles. The van der Waals surface area contributed by atoms with E-state index in [1.807, 2.05) is 38.1 Å². The van der Waals surface area contributed by atoms with Gasteiger partial charge in [0.25, 0.3) is 0 Å². The van der Waals surface area contributed by atoms with Gasteiger partial charge in [-0.25, -0.2) is 0 Å². The van der Waals surface area contributed by atoms with Crippen molar-refractivity contribution in [1.82, 2.24) is 15.2 Å². The molecule has 0 atom stereocenters. The van der Waals surface area contributed by atoms with E-state index in [1.165, 1.54) is 23.1 Å². The number of anilines is 1. The van der Waals surface area contributed by atoms with Gasteiger partial charge in [0.15, 0.2) is 10.1 Å². The molecule has 0 saturated carbocycles. The van der Waals surface area contributed by atoms with Crippen LogP contribution in [0.2, 0.25) is 0 Å². The second kappa shape index (κ2) is 9.16. The number of aryl methyl sites for hydroxylation is 1. The minimum atomic E-state index is 0.103. The van der Waals surface area contributed by atoms with E-state index in [4.69, 9.17) is 4.74 Å². The highest BCUT2D eigenvalue weighted by Gasteiger charge is 2.17. The first-order valence-corrected chi connectivity index (χ1v) is 10.4. The molecule has 6 nitrogen and oxygen atoms in total. The zero-order valence-electron chi connectivity index (χ0n) is 14.9. The number of hydrogen-bond acceptors (Lipinski definition) is 7. The topological polar surface area (TPSA) is 79.9 Å². The van der Waals surface area contributed by atoms with Crippen molar-refractivity contribution in [2.45, 2.75) is 24.6 Å². The van der Waals surface area contributed by atoms with E-state index < -0.39 is 0 Å². The second-order valence-corrected chi connectivity index (χ2v) is 7.93. The number of ketones is 1. The summed E-state index contributed by atoms with van der Waals surface area (Å²) < 4.78 is 6.09. The van der Waals surface area contributed by atoms with Crippen molar-refractivity contribution in [1.29, 1.82) is 0 Å². The molecule has 0 spiro atoms. The Hall–Kier alpha value is -1.90. The first kappa shape index (κ1) is 18.9. The second-order valence-electron chi connectivity index (χ2n) is 5.73. The Morgan fingerprint density at radius 3 is 3.04 bits per heavy atom. The standard InChI is InChI=1S/C18H22N4O2S2/c1-3-24-10-6-9-19-17-21-22-18(26-17)25-11-15(23)16-12(2)20-14-8-5-4-7-13(14)16/h4-5,7-8,20H,3,6,9-11H2,1-2H3,(H,19,21). The number of hydrogen-bond donors (Lipinski definition) is 2. The number of fused-ring (bicyclic) bond motifs is 1. The molecule has 8 heteroatoms. The lowest BCUT2D eigenvalue weighted by Crippen LogP contribution is -2.05. The van der Waals surface area contributed by atoms with Crippen molar-refractivity contribution < 1.29 is 9.53 Å². The molecule has 2 heterocycles. The minimum absolute atomic E-state index is 0.103. The van der Waals surface area contributed by atoms with Gasteiger partial charge >= 0.3 is 0 Å². The van der Waals surface area contributed by atoms with E-state index in [0.717, 1.165) is 57.8 Å². The van der Waals surface area contributed by atoms with Gasteiger partial charge in [-0.3, -0.25) is 4.79 Å². The number of carbonyl (C=O) groups excluding carboxylic acids is 1. The van der Waals surface area contributed by atoms with Crippen LogP contribution in [0.4, 0.5) is 5.13 Å². The third-order valence-corrected chi connectivity index (χ3v) is 5.87. The predicted octanol–water partition coefficient (Wildman–Crippen LogP) is 4.14. The lowest BCUT2D eigenvalue weighted by Gasteiger charge is -2.01. The number of para-hydroxylation sites is 1. The summed E-state index contributed by atoms with van der Waals surface area (Å²) in [7, 11) is 0. The average molecular weight is 391 g/mol. The first-order valence-electron chi connectivity index (χ1n) is 8.57. The fourth-order valence-electron chi connectivity index (χ4n) is 2.69. The molecule has 1 aromatic carbocycles. The third-order valence-electron chi connectivity index (χ3n) is 3.85. The van der Waals surface area contributed by atoms with Crippen molar-refractivity contribution in [3.05, 3.63) is 35.5 Å². The van der Waals surface area contributed by atoms with Gasteiger partial charge in [0.1, 0.15) is 0 Å². The largest absolute Gasteiger partial charge is 0.382 e. The summed E-state index contributed by atoms with van der Waals surface area (Å²) in [4.78, 5) is 16.0. The number of Topliss-reactive ketones (excluding diaryl/α,β-unsaturated/α-hetero) is 1. The number of aromatic nitrogens is 3. The molecule has 0 aliphatic rings.